The number of nitrogens with one attached hydrogen (secondary N) is 1. The molecule has 0 aromatic heterocycles. The summed E-state index contributed by atoms with van der Waals surface area (Å²) in [7, 11) is 1.72. The molecular formula is C13H19NO. The van der Waals surface area contributed by atoms with Gasteiger partial charge in [-0.05, 0) is 23.5 Å². The summed E-state index contributed by atoms with van der Waals surface area (Å²) in [5.41, 5.74) is 2.83. The second kappa shape index (κ2) is 3.44. The zero-order valence-electron chi connectivity index (χ0n) is 9.92. The topological polar surface area (TPSA) is 21.3 Å². The number of benzene rings is 1. The zero-order chi connectivity index (χ0) is 11.1. The second-order valence-corrected chi connectivity index (χ2v) is 5.26. The Bertz CT molecular complexity index is 365. The van der Waals surface area contributed by atoms with Crippen LogP contribution in [0.1, 0.15) is 26.3 Å². The summed E-state index contributed by atoms with van der Waals surface area (Å²) in [6.45, 7) is 6.80. The highest BCUT2D eigenvalue weighted by Crippen LogP contribution is 2.39. The van der Waals surface area contributed by atoms with E-state index in [0.717, 1.165) is 12.2 Å². The predicted octanol–water partition coefficient (Wildman–Crippen LogP) is 3.08. The minimum Gasteiger partial charge on any atom is -0.495 e. The van der Waals surface area contributed by atoms with E-state index in [4.69, 9.17) is 4.74 Å². The quantitative estimate of drug-likeness (QED) is 0.760. The van der Waals surface area contributed by atoms with Crippen LogP contribution in [0, 0.1) is 5.41 Å². The van der Waals surface area contributed by atoms with Crippen LogP contribution in [0.25, 0.3) is 0 Å². The number of hydrogen-bond donors (Lipinski definition) is 1. The lowest BCUT2D eigenvalue weighted by Gasteiger charge is -2.27. The van der Waals surface area contributed by atoms with Gasteiger partial charge in [-0.25, -0.2) is 0 Å². The molecule has 1 aliphatic heterocycles. The molecule has 0 saturated heterocycles. The normalized spacial score (nSPS) is 19.6. The summed E-state index contributed by atoms with van der Waals surface area (Å²) < 4.78 is 5.36. The fraction of sp³-hybridized carbons (Fsp3) is 0.538. The molecule has 0 fully saturated rings. The predicted molar refractivity (Wildman–Crippen MR) is 63.6 cm³/mol. The minimum absolute atomic E-state index is 0.282. The van der Waals surface area contributed by atoms with E-state index in [1.807, 2.05) is 6.07 Å². The van der Waals surface area contributed by atoms with E-state index in [-0.39, 0.29) is 5.41 Å². The van der Waals surface area contributed by atoms with E-state index < -0.39 is 0 Å². The molecule has 1 atom stereocenters. The molecule has 0 radical (unpaired) electrons. The van der Waals surface area contributed by atoms with Crippen molar-refractivity contribution < 1.29 is 4.74 Å². The third-order valence-corrected chi connectivity index (χ3v) is 3.12. The lowest BCUT2D eigenvalue weighted by atomic mass is 9.85. The molecule has 1 unspecified atom stereocenters. The van der Waals surface area contributed by atoms with Gasteiger partial charge in [0.1, 0.15) is 5.75 Å². The Morgan fingerprint density at radius 3 is 2.67 bits per heavy atom. The number of ether oxygens (including phenoxy) is 1. The Balaban J connectivity index is 2.31. The summed E-state index contributed by atoms with van der Waals surface area (Å²) >= 11 is 0. The first-order chi connectivity index (χ1) is 7.02. The molecule has 15 heavy (non-hydrogen) atoms. The summed E-state index contributed by atoms with van der Waals surface area (Å²) in [4.78, 5) is 0. The standard InChI is InChI=1S/C13H19NO/c1-13(2,3)11-8-9-6-5-7-10(15-4)12(9)14-11/h5-7,11,14H,8H2,1-4H3. The molecule has 2 nitrogen and oxygen atoms in total. The molecule has 1 aliphatic rings. The molecule has 0 amide bonds. The van der Waals surface area contributed by atoms with Crippen LogP contribution in [-0.2, 0) is 6.42 Å². The fourth-order valence-corrected chi connectivity index (χ4v) is 2.05. The minimum atomic E-state index is 0.282. The summed E-state index contributed by atoms with van der Waals surface area (Å²) in [6, 6.07) is 6.75. The first-order valence-electron chi connectivity index (χ1n) is 5.45. The van der Waals surface area contributed by atoms with Crippen LogP contribution < -0.4 is 10.1 Å². The van der Waals surface area contributed by atoms with Crippen molar-refractivity contribution in [3.05, 3.63) is 23.8 Å². The van der Waals surface area contributed by atoms with Gasteiger partial charge in [-0.1, -0.05) is 32.9 Å². The number of rotatable bonds is 1. The molecular weight excluding hydrogens is 186 g/mol. The highest BCUT2D eigenvalue weighted by atomic mass is 16.5. The maximum absolute atomic E-state index is 5.36. The van der Waals surface area contributed by atoms with Crippen molar-refractivity contribution in [3.63, 3.8) is 0 Å². The average molecular weight is 205 g/mol. The van der Waals surface area contributed by atoms with Crippen LogP contribution in [-0.4, -0.2) is 13.2 Å². The molecule has 82 valence electrons. The lowest BCUT2D eigenvalue weighted by molar-refractivity contribution is 0.346. The Morgan fingerprint density at radius 2 is 2.07 bits per heavy atom. The van der Waals surface area contributed by atoms with Crippen molar-refractivity contribution in [1.29, 1.82) is 0 Å². The molecule has 0 saturated carbocycles. The van der Waals surface area contributed by atoms with Crippen LogP contribution in [0.5, 0.6) is 5.75 Å². The van der Waals surface area contributed by atoms with Crippen LogP contribution >= 0.6 is 0 Å². The summed E-state index contributed by atoms with van der Waals surface area (Å²) in [6.07, 6.45) is 1.09. The van der Waals surface area contributed by atoms with Gasteiger partial charge in [0.25, 0.3) is 0 Å². The largest absolute Gasteiger partial charge is 0.495 e. The Labute approximate surface area is 91.6 Å². The molecule has 0 aliphatic carbocycles. The monoisotopic (exact) mass is 205 g/mol. The lowest BCUT2D eigenvalue weighted by Crippen LogP contribution is -2.31. The number of para-hydroxylation sites is 1. The number of fused-ring (bicyclic) bond motifs is 1. The molecule has 1 N–H and O–H groups in total. The molecule has 1 aromatic rings. The highest BCUT2D eigenvalue weighted by molar-refractivity contribution is 5.66. The Hall–Kier alpha value is -1.18. The Morgan fingerprint density at radius 1 is 1.33 bits per heavy atom. The first kappa shape index (κ1) is 10.3. The van der Waals surface area contributed by atoms with Crippen molar-refractivity contribution in [3.8, 4) is 5.75 Å². The van der Waals surface area contributed by atoms with E-state index >= 15 is 0 Å². The van der Waals surface area contributed by atoms with Gasteiger partial charge < -0.3 is 10.1 Å². The van der Waals surface area contributed by atoms with Crippen molar-refractivity contribution in [2.75, 3.05) is 12.4 Å². The highest BCUT2D eigenvalue weighted by Gasteiger charge is 2.31. The van der Waals surface area contributed by atoms with Crippen LogP contribution in [0.15, 0.2) is 18.2 Å². The molecule has 1 aromatic carbocycles. The molecule has 2 heteroatoms. The van der Waals surface area contributed by atoms with Crippen molar-refractivity contribution in [1.82, 2.24) is 0 Å². The van der Waals surface area contributed by atoms with Gasteiger partial charge in [-0.3, -0.25) is 0 Å². The van der Waals surface area contributed by atoms with E-state index in [0.29, 0.717) is 6.04 Å². The number of methoxy groups -OCH3 is 1. The number of anilines is 1. The summed E-state index contributed by atoms with van der Waals surface area (Å²) in [5, 5.41) is 3.57. The maximum Gasteiger partial charge on any atom is 0.142 e. The van der Waals surface area contributed by atoms with Crippen molar-refractivity contribution >= 4 is 5.69 Å². The van der Waals surface area contributed by atoms with Crippen LogP contribution in [0.4, 0.5) is 5.69 Å². The molecule has 0 bridgehead atoms. The van der Waals surface area contributed by atoms with Crippen LogP contribution in [0.2, 0.25) is 0 Å². The van der Waals surface area contributed by atoms with Gasteiger partial charge >= 0.3 is 0 Å². The number of hydrogen-bond acceptors (Lipinski definition) is 2. The average Bonchev–Trinajstić information content (AvgIpc) is 2.59. The van der Waals surface area contributed by atoms with Gasteiger partial charge in [0.15, 0.2) is 0 Å². The van der Waals surface area contributed by atoms with Gasteiger partial charge in [-0.15, -0.1) is 0 Å². The van der Waals surface area contributed by atoms with Gasteiger partial charge in [-0.2, -0.15) is 0 Å². The van der Waals surface area contributed by atoms with E-state index in [9.17, 15) is 0 Å². The molecule has 0 spiro atoms. The smallest absolute Gasteiger partial charge is 0.142 e. The van der Waals surface area contributed by atoms with Crippen molar-refractivity contribution in [2.45, 2.75) is 33.2 Å². The maximum atomic E-state index is 5.36. The van der Waals surface area contributed by atoms with E-state index in [1.54, 1.807) is 7.11 Å². The van der Waals surface area contributed by atoms with Gasteiger partial charge in [0, 0.05) is 6.04 Å². The van der Waals surface area contributed by atoms with Crippen molar-refractivity contribution in [2.24, 2.45) is 5.41 Å². The zero-order valence-corrected chi connectivity index (χ0v) is 9.92. The first-order valence-corrected chi connectivity index (χ1v) is 5.45. The third-order valence-electron chi connectivity index (χ3n) is 3.12. The van der Waals surface area contributed by atoms with E-state index in [1.165, 1.54) is 11.3 Å². The van der Waals surface area contributed by atoms with Gasteiger partial charge in [0.05, 0.1) is 12.8 Å². The fourth-order valence-electron chi connectivity index (χ4n) is 2.05. The third kappa shape index (κ3) is 1.81. The molecule has 1 heterocycles. The van der Waals surface area contributed by atoms with E-state index in [2.05, 4.69) is 38.2 Å². The summed E-state index contributed by atoms with van der Waals surface area (Å²) in [5.74, 6) is 0.958. The second-order valence-electron chi connectivity index (χ2n) is 5.26. The molecule has 2 rings (SSSR count). The Kier molecular flexibility index (Phi) is 2.37. The van der Waals surface area contributed by atoms with Crippen LogP contribution in [0.3, 0.4) is 0 Å². The van der Waals surface area contributed by atoms with Gasteiger partial charge in [0.2, 0.25) is 0 Å². The SMILES string of the molecule is COc1cccc2c1NC(C(C)(C)C)C2.